The highest BCUT2D eigenvalue weighted by Crippen LogP contribution is 2.35. The van der Waals surface area contributed by atoms with E-state index in [2.05, 4.69) is 24.3 Å². The minimum atomic E-state index is -0.127. The third kappa shape index (κ3) is 2.72. The minimum Gasteiger partial charge on any atom is -0.497 e. The van der Waals surface area contributed by atoms with Gasteiger partial charge in [0.15, 0.2) is 0 Å². The SMILES string of the molecule is COc1ccc(C(=O)NCC2(N(C)C)CCC2)c(N)c1. The van der Waals surface area contributed by atoms with Crippen LogP contribution in [0.1, 0.15) is 29.6 Å². The number of amides is 1. The van der Waals surface area contributed by atoms with E-state index in [9.17, 15) is 4.79 Å². The predicted molar refractivity (Wildman–Crippen MR) is 80.0 cm³/mol. The number of hydrogen-bond donors (Lipinski definition) is 2. The maximum Gasteiger partial charge on any atom is 0.253 e. The molecule has 0 aliphatic heterocycles. The first kappa shape index (κ1) is 14.7. The molecule has 1 saturated carbocycles. The van der Waals surface area contributed by atoms with Crippen molar-refractivity contribution in [1.29, 1.82) is 0 Å². The average Bonchev–Trinajstić information content (AvgIpc) is 2.36. The first-order valence-electron chi connectivity index (χ1n) is 6.88. The summed E-state index contributed by atoms with van der Waals surface area (Å²) in [6.07, 6.45) is 3.47. The summed E-state index contributed by atoms with van der Waals surface area (Å²) in [5.74, 6) is 0.529. The predicted octanol–water partition coefficient (Wildman–Crippen LogP) is 1.49. The second-order valence-electron chi connectivity index (χ2n) is 5.61. The summed E-state index contributed by atoms with van der Waals surface area (Å²) in [5, 5.41) is 3.00. The normalized spacial score (nSPS) is 16.6. The average molecular weight is 277 g/mol. The topological polar surface area (TPSA) is 67.6 Å². The minimum absolute atomic E-state index is 0.108. The van der Waals surface area contributed by atoms with Crippen LogP contribution in [0.2, 0.25) is 0 Å². The summed E-state index contributed by atoms with van der Waals surface area (Å²) >= 11 is 0. The van der Waals surface area contributed by atoms with Gasteiger partial charge in [0.2, 0.25) is 0 Å². The molecule has 1 fully saturated rings. The van der Waals surface area contributed by atoms with Crippen LogP contribution in [0, 0.1) is 0 Å². The number of ether oxygens (including phenoxy) is 1. The van der Waals surface area contributed by atoms with Crippen LogP contribution in [0.25, 0.3) is 0 Å². The van der Waals surface area contributed by atoms with Crippen molar-refractivity contribution >= 4 is 11.6 Å². The number of nitrogens with one attached hydrogen (secondary N) is 1. The van der Waals surface area contributed by atoms with Crippen LogP contribution in [0.3, 0.4) is 0 Å². The van der Waals surface area contributed by atoms with Crippen molar-refractivity contribution in [2.24, 2.45) is 0 Å². The van der Waals surface area contributed by atoms with Gasteiger partial charge in [0.05, 0.1) is 12.7 Å². The third-order valence-electron chi connectivity index (χ3n) is 4.31. The van der Waals surface area contributed by atoms with Crippen molar-refractivity contribution < 1.29 is 9.53 Å². The van der Waals surface area contributed by atoms with E-state index in [1.807, 2.05) is 0 Å². The Kier molecular flexibility index (Phi) is 4.18. The summed E-state index contributed by atoms with van der Waals surface area (Å²) in [4.78, 5) is 14.4. The van der Waals surface area contributed by atoms with Gasteiger partial charge in [-0.2, -0.15) is 0 Å². The largest absolute Gasteiger partial charge is 0.497 e. The van der Waals surface area contributed by atoms with Gasteiger partial charge in [-0.1, -0.05) is 0 Å². The zero-order valence-corrected chi connectivity index (χ0v) is 12.4. The molecule has 1 aromatic rings. The van der Waals surface area contributed by atoms with Crippen LogP contribution in [0.5, 0.6) is 5.75 Å². The molecular formula is C15H23N3O2. The van der Waals surface area contributed by atoms with Gasteiger partial charge in [-0.25, -0.2) is 0 Å². The van der Waals surface area contributed by atoms with Crippen LogP contribution >= 0.6 is 0 Å². The van der Waals surface area contributed by atoms with Crippen LogP contribution in [0.15, 0.2) is 18.2 Å². The molecule has 0 radical (unpaired) electrons. The fourth-order valence-electron chi connectivity index (χ4n) is 2.58. The summed E-state index contributed by atoms with van der Waals surface area (Å²) < 4.78 is 5.08. The number of likely N-dealkylation sites (N-methyl/N-ethyl adjacent to an activating group) is 1. The Bertz CT molecular complexity index is 496. The number of hydrogen-bond acceptors (Lipinski definition) is 4. The van der Waals surface area contributed by atoms with E-state index in [1.54, 1.807) is 25.3 Å². The standard InChI is InChI=1S/C15H23N3O2/c1-18(2)15(7-4-8-15)10-17-14(19)12-6-5-11(20-3)9-13(12)16/h5-6,9H,4,7-8,10,16H2,1-3H3,(H,17,19). The van der Waals surface area contributed by atoms with Gasteiger partial charge < -0.3 is 20.7 Å². The molecule has 3 N–H and O–H groups in total. The molecule has 1 aliphatic carbocycles. The lowest BCUT2D eigenvalue weighted by Crippen LogP contribution is -2.57. The fourth-order valence-corrected chi connectivity index (χ4v) is 2.58. The van der Waals surface area contributed by atoms with Crippen LogP contribution in [-0.4, -0.2) is 44.1 Å². The molecule has 5 heteroatoms. The molecule has 20 heavy (non-hydrogen) atoms. The number of rotatable bonds is 5. The second-order valence-corrected chi connectivity index (χ2v) is 5.61. The molecule has 1 aliphatic rings. The maximum atomic E-state index is 12.2. The molecule has 110 valence electrons. The smallest absolute Gasteiger partial charge is 0.253 e. The summed E-state index contributed by atoms with van der Waals surface area (Å²) in [6.45, 7) is 0.657. The van der Waals surface area contributed by atoms with Gasteiger partial charge in [-0.3, -0.25) is 4.79 Å². The Morgan fingerprint density at radius 2 is 2.15 bits per heavy atom. The summed E-state index contributed by atoms with van der Waals surface area (Å²) in [6, 6.07) is 5.11. The number of nitrogens with two attached hydrogens (primary N) is 1. The molecule has 0 aromatic heterocycles. The van der Waals surface area contributed by atoms with Crippen LogP contribution in [0.4, 0.5) is 5.69 Å². The zero-order valence-electron chi connectivity index (χ0n) is 12.4. The molecule has 0 heterocycles. The van der Waals surface area contributed by atoms with Crippen molar-refractivity contribution in [3.05, 3.63) is 23.8 Å². The second kappa shape index (κ2) is 5.71. The van der Waals surface area contributed by atoms with E-state index in [4.69, 9.17) is 10.5 Å². The molecule has 5 nitrogen and oxygen atoms in total. The molecule has 1 amide bonds. The van der Waals surface area contributed by atoms with E-state index in [0.29, 0.717) is 23.5 Å². The lowest BCUT2D eigenvalue weighted by molar-refractivity contribution is 0.0558. The van der Waals surface area contributed by atoms with Crippen molar-refractivity contribution in [3.63, 3.8) is 0 Å². The fraction of sp³-hybridized carbons (Fsp3) is 0.533. The Hall–Kier alpha value is -1.75. The van der Waals surface area contributed by atoms with Crippen LogP contribution in [-0.2, 0) is 0 Å². The highest BCUT2D eigenvalue weighted by Gasteiger charge is 2.39. The van der Waals surface area contributed by atoms with Gasteiger partial charge in [-0.15, -0.1) is 0 Å². The van der Waals surface area contributed by atoms with Gasteiger partial charge >= 0.3 is 0 Å². The number of carbonyl (C=O) groups is 1. The number of methoxy groups -OCH3 is 1. The van der Waals surface area contributed by atoms with Crippen LogP contribution < -0.4 is 15.8 Å². The molecule has 2 rings (SSSR count). The van der Waals surface area contributed by atoms with E-state index in [0.717, 1.165) is 12.8 Å². The van der Waals surface area contributed by atoms with Crippen molar-refractivity contribution in [2.75, 3.05) is 33.5 Å². The Balaban J connectivity index is 2.02. The lowest BCUT2D eigenvalue weighted by atomic mass is 9.75. The molecule has 0 bridgehead atoms. The number of carbonyl (C=O) groups excluding carboxylic acids is 1. The van der Waals surface area contributed by atoms with E-state index in [1.165, 1.54) is 6.42 Å². The van der Waals surface area contributed by atoms with E-state index >= 15 is 0 Å². The molecule has 1 aromatic carbocycles. The quantitative estimate of drug-likeness (QED) is 0.800. The molecular weight excluding hydrogens is 254 g/mol. The Labute approximate surface area is 120 Å². The monoisotopic (exact) mass is 277 g/mol. The molecule has 0 unspecified atom stereocenters. The van der Waals surface area contributed by atoms with E-state index < -0.39 is 0 Å². The molecule has 0 spiro atoms. The first-order valence-corrected chi connectivity index (χ1v) is 6.88. The van der Waals surface area contributed by atoms with Crippen molar-refractivity contribution in [2.45, 2.75) is 24.8 Å². The molecule has 0 saturated heterocycles. The summed E-state index contributed by atoms with van der Waals surface area (Å²) in [5.41, 5.74) is 6.94. The van der Waals surface area contributed by atoms with Gasteiger partial charge in [-0.05, 0) is 45.5 Å². The number of benzene rings is 1. The maximum absolute atomic E-state index is 12.2. The number of anilines is 1. The summed E-state index contributed by atoms with van der Waals surface area (Å²) in [7, 11) is 5.70. The third-order valence-corrected chi connectivity index (χ3v) is 4.31. The highest BCUT2D eigenvalue weighted by atomic mass is 16.5. The number of nitrogen functional groups attached to an aromatic ring is 1. The highest BCUT2D eigenvalue weighted by molar-refractivity contribution is 5.99. The van der Waals surface area contributed by atoms with Crippen molar-refractivity contribution in [3.8, 4) is 5.75 Å². The lowest BCUT2D eigenvalue weighted by Gasteiger charge is -2.47. The van der Waals surface area contributed by atoms with Gasteiger partial charge in [0, 0.05) is 23.8 Å². The van der Waals surface area contributed by atoms with Crippen molar-refractivity contribution in [1.82, 2.24) is 10.2 Å². The van der Waals surface area contributed by atoms with Gasteiger partial charge in [0.25, 0.3) is 5.91 Å². The van der Waals surface area contributed by atoms with Gasteiger partial charge in [0.1, 0.15) is 5.75 Å². The zero-order chi connectivity index (χ0) is 14.8. The first-order chi connectivity index (χ1) is 9.48. The Morgan fingerprint density at radius 3 is 2.60 bits per heavy atom. The Morgan fingerprint density at radius 1 is 1.45 bits per heavy atom. The van der Waals surface area contributed by atoms with E-state index in [-0.39, 0.29) is 11.4 Å². The number of nitrogens with zero attached hydrogens (tertiary/aromatic N) is 1. The molecule has 0 atom stereocenters.